The normalized spacial score (nSPS) is 10.1. The molecule has 0 saturated carbocycles. The molecule has 1 amide bonds. The van der Waals surface area contributed by atoms with Crippen molar-refractivity contribution in [2.24, 2.45) is 0 Å². The second kappa shape index (κ2) is 8.24. The van der Waals surface area contributed by atoms with Gasteiger partial charge in [-0.05, 0) is 71.2 Å². The first-order chi connectivity index (χ1) is 11.3. The lowest BCUT2D eigenvalue weighted by atomic mass is 10.2. The minimum atomic E-state index is -1.10. The molecule has 9 heteroatoms. The Labute approximate surface area is 170 Å². The number of nitrogens with one attached hydrogen (secondary N) is 2. The highest BCUT2D eigenvalue weighted by atomic mass is 127. The monoisotopic (exact) mass is 538 g/mol. The van der Waals surface area contributed by atoms with Crippen molar-refractivity contribution in [3.05, 3.63) is 60.6 Å². The minimum Gasteiger partial charge on any atom is -0.478 e. The van der Waals surface area contributed by atoms with Gasteiger partial charge in [-0.25, -0.2) is 4.79 Å². The van der Waals surface area contributed by atoms with E-state index in [1.807, 2.05) is 22.6 Å². The van der Waals surface area contributed by atoms with Crippen LogP contribution >= 0.6 is 62.3 Å². The van der Waals surface area contributed by atoms with Crippen molar-refractivity contribution < 1.29 is 14.7 Å². The van der Waals surface area contributed by atoms with E-state index in [2.05, 4.69) is 26.6 Å². The summed E-state index contributed by atoms with van der Waals surface area (Å²) in [6.45, 7) is 0. The van der Waals surface area contributed by atoms with Crippen LogP contribution in [0.3, 0.4) is 0 Å². The van der Waals surface area contributed by atoms with Crippen LogP contribution in [0.2, 0.25) is 5.02 Å². The number of halogens is 3. The van der Waals surface area contributed by atoms with Crippen molar-refractivity contribution in [1.29, 1.82) is 0 Å². The maximum absolute atomic E-state index is 12.2. The summed E-state index contributed by atoms with van der Waals surface area (Å²) in [5, 5.41) is 14.7. The number of aromatic carboxylic acids is 1. The molecule has 0 atom stereocenters. The van der Waals surface area contributed by atoms with Gasteiger partial charge in [0.1, 0.15) is 0 Å². The van der Waals surface area contributed by atoms with E-state index in [1.165, 1.54) is 6.07 Å². The van der Waals surface area contributed by atoms with Crippen molar-refractivity contribution in [2.75, 3.05) is 5.32 Å². The molecule has 0 bridgehead atoms. The van der Waals surface area contributed by atoms with Crippen LogP contribution in [-0.2, 0) is 0 Å². The first-order valence-electron chi connectivity index (χ1n) is 6.38. The van der Waals surface area contributed by atoms with E-state index >= 15 is 0 Å². The van der Waals surface area contributed by atoms with Gasteiger partial charge in [0, 0.05) is 8.04 Å². The summed E-state index contributed by atoms with van der Waals surface area (Å²) in [7, 11) is 0. The summed E-state index contributed by atoms with van der Waals surface area (Å²) in [6, 6.07) is 9.66. The van der Waals surface area contributed by atoms with Crippen molar-refractivity contribution in [2.45, 2.75) is 0 Å². The fourth-order valence-electron chi connectivity index (χ4n) is 1.80. The van der Waals surface area contributed by atoms with Gasteiger partial charge in [0.2, 0.25) is 0 Å². The van der Waals surface area contributed by atoms with Gasteiger partial charge in [-0.1, -0.05) is 27.5 Å². The first-order valence-corrected chi connectivity index (χ1v) is 9.04. The zero-order chi connectivity index (χ0) is 17.9. The lowest BCUT2D eigenvalue weighted by Crippen LogP contribution is -2.34. The molecule has 2 aromatic rings. The Morgan fingerprint density at radius 1 is 1.17 bits per heavy atom. The Morgan fingerprint density at radius 2 is 1.88 bits per heavy atom. The predicted molar refractivity (Wildman–Crippen MR) is 109 cm³/mol. The fourth-order valence-corrected chi connectivity index (χ4v) is 3.06. The second-order valence-corrected chi connectivity index (χ2v) is 7.50. The lowest BCUT2D eigenvalue weighted by molar-refractivity contribution is 0.0697. The summed E-state index contributed by atoms with van der Waals surface area (Å²) in [5.74, 6) is -1.60. The number of benzene rings is 2. The van der Waals surface area contributed by atoms with Gasteiger partial charge in [-0.3, -0.25) is 10.1 Å². The van der Waals surface area contributed by atoms with Crippen LogP contribution in [0.25, 0.3) is 0 Å². The van der Waals surface area contributed by atoms with Gasteiger partial charge in [0.25, 0.3) is 5.91 Å². The molecule has 24 heavy (non-hydrogen) atoms. The zero-order valence-corrected chi connectivity index (χ0v) is 17.1. The minimum absolute atomic E-state index is 0.0280. The number of carboxylic acids is 1. The largest absolute Gasteiger partial charge is 0.478 e. The molecule has 124 valence electrons. The van der Waals surface area contributed by atoms with E-state index in [0.717, 1.165) is 3.57 Å². The number of thiocarbonyl (C=S) groups is 1. The van der Waals surface area contributed by atoms with E-state index < -0.39 is 11.9 Å². The summed E-state index contributed by atoms with van der Waals surface area (Å²) < 4.78 is 1.47. The SMILES string of the molecule is O=C(NC(=S)Nc1ccc(I)cc1C(=O)O)c1cc(Br)ccc1Cl. The van der Waals surface area contributed by atoms with Crippen LogP contribution < -0.4 is 10.6 Å². The highest BCUT2D eigenvalue weighted by Crippen LogP contribution is 2.21. The second-order valence-electron chi connectivity index (χ2n) is 4.53. The number of hydrogen-bond acceptors (Lipinski definition) is 3. The molecule has 0 aromatic heterocycles. The number of carboxylic acid groups (broad SMARTS) is 1. The van der Waals surface area contributed by atoms with Crippen molar-refractivity contribution >= 4 is 85.0 Å². The predicted octanol–water partition coefficient (Wildman–Crippen LogP) is 4.53. The van der Waals surface area contributed by atoms with Gasteiger partial charge in [-0.15, -0.1) is 0 Å². The number of amides is 1. The summed E-state index contributed by atoms with van der Waals surface area (Å²) in [4.78, 5) is 23.5. The van der Waals surface area contributed by atoms with Gasteiger partial charge in [0.15, 0.2) is 5.11 Å². The van der Waals surface area contributed by atoms with Crippen LogP contribution in [0.4, 0.5) is 5.69 Å². The van der Waals surface area contributed by atoms with Crippen molar-refractivity contribution in [3.63, 3.8) is 0 Å². The smallest absolute Gasteiger partial charge is 0.337 e. The average Bonchev–Trinajstić information content (AvgIpc) is 2.51. The van der Waals surface area contributed by atoms with E-state index in [1.54, 1.807) is 30.3 Å². The maximum atomic E-state index is 12.2. The quantitative estimate of drug-likeness (QED) is 0.395. The molecule has 0 aliphatic rings. The zero-order valence-electron chi connectivity index (χ0n) is 11.8. The third-order valence-electron chi connectivity index (χ3n) is 2.86. The first kappa shape index (κ1) is 19.1. The molecule has 3 N–H and O–H groups in total. The van der Waals surface area contributed by atoms with Crippen molar-refractivity contribution in [1.82, 2.24) is 5.32 Å². The number of hydrogen-bond donors (Lipinski definition) is 3. The highest BCUT2D eigenvalue weighted by Gasteiger charge is 2.15. The number of carbonyl (C=O) groups is 2. The van der Waals surface area contributed by atoms with Gasteiger partial charge in [0.05, 0.1) is 21.8 Å². The van der Waals surface area contributed by atoms with E-state index in [9.17, 15) is 14.7 Å². The van der Waals surface area contributed by atoms with Crippen LogP contribution in [0, 0.1) is 3.57 Å². The fraction of sp³-hybridized carbons (Fsp3) is 0. The third-order valence-corrected chi connectivity index (χ3v) is 4.56. The number of carbonyl (C=O) groups excluding carboxylic acids is 1. The molecule has 5 nitrogen and oxygen atoms in total. The summed E-state index contributed by atoms with van der Waals surface area (Å²) in [6.07, 6.45) is 0. The number of rotatable bonds is 3. The molecule has 0 radical (unpaired) electrons. The van der Waals surface area contributed by atoms with E-state index in [-0.39, 0.29) is 26.9 Å². The Hall–Kier alpha value is -1.23. The summed E-state index contributed by atoms with van der Waals surface area (Å²) in [5.41, 5.74) is 0.587. The molecule has 0 aliphatic heterocycles. The van der Waals surface area contributed by atoms with Gasteiger partial charge in [-0.2, -0.15) is 0 Å². The molecule has 0 saturated heterocycles. The molecule has 0 unspecified atom stereocenters. The Balaban J connectivity index is 2.15. The van der Waals surface area contributed by atoms with Crippen molar-refractivity contribution in [3.8, 4) is 0 Å². The molecular weight excluding hydrogens is 531 g/mol. The van der Waals surface area contributed by atoms with Crippen LogP contribution in [0.1, 0.15) is 20.7 Å². The van der Waals surface area contributed by atoms with E-state index in [4.69, 9.17) is 23.8 Å². The van der Waals surface area contributed by atoms with Crippen LogP contribution in [0.5, 0.6) is 0 Å². The molecule has 0 heterocycles. The topological polar surface area (TPSA) is 78.4 Å². The van der Waals surface area contributed by atoms with Crippen LogP contribution in [-0.4, -0.2) is 22.1 Å². The molecule has 0 aliphatic carbocycles. The van der Waals surface area contributed by atoms with Crippen LogP contribution in [0.15, 0.2) is 40.9 Å². The number of anilines is 1. The Morgan fingerprint density at radius 3 is 2.54 bits per heavy atom. The summed E-state index contributed by atoms with van der Waals surface area (Å²) >= 11 is 16.3. The van der Waals surface area contributed by atoms with Gasteiger partial charge < -0.3 is 10.4 Å². The molecule has 0 spiro atoms. The maximum Gasteiger partial charge on any atom is 0.337 e. The standard InChI is InChI=1S/C15H9BrClIN2O3S/c16-7-1-3-11(17)9(5-7)13(21)20-15(24)19-12-4-2-8(18)6-10(12)14(22)23/h1-6H,(H,22,23)(H2,19,20,21,24). The molecular formula is C15H9BrClIN2O3S. The Bertz CT molecular complexity index is 847. The average molecular weight is 540 g/mol. The third kappa shape index (κ3) is 4.88. The lowest BCUT2D eigenvalue weighted by Gasteiger charge is -2.12. The van der Waals surface area contributed by atoms with Gasteiger partial charge >= 0.3 is 5.97 Å². The Kier molecular flexibility index (Phi) is 6.55. The highest BCUT2D eigenvalue weighted by molar-refractivity contribution is 14.1. The molecule has 0 fully saturated rings. The molecule has 2 rings (SSSR count). The van der Waals surface area contributed by atoms with E-state index in [0.29, 0.717) is 4.47 Å². The molecule has 2 aromatic carbocycles.